The van der Waals surface area contributed by atoms with Gasteiger partial charge in [0.05, 0.1) is 6.04 Å². The summed E-state index contributed by atoms with van der Waals surface area (Å²) in [6.07, 6.45) is 1.33. The maximum Gasteiger partial charge on any atom is 0.407 e. The van der Waals surface area contributed by atoms with Crippen LogP contribution in [0.25, 0.3) is 11.1 Å². The van der Waals surface area contributed by atoms with E-state index in [1.54, 1.807) is 6.92 Å². The molecule has 2 atom stereocenters. The highest BCUT2D eigenvalue weighted by Crippen LogP contribution is 2.44. The van der Waals surface area contributed by atoms with Crippen molar-refractivity contribution in [2.45, 2.75) is 51.6 Å². The number of ether oxygens (including phenoxy) is 1. The summed E-state index contributed by atoms with van der Waals surface area (Å²) >= 11 is 0. The average Bonchev–Trinajstić information content (AvgIpc) is 3.53. The van der Waals surface area contributed by atoms with Crippen LogP contribution < -0.4 is 10.6 Å². The summed E-state index contributed by atoms with van der Waals surface area (Å²) in [7, 11) is -0.338. The third-order valence-electron chi connectivity index (χ3n) is 6.96. The number of hydrogen-bond acceptors (Lipinski definition) is 5. The Morgan fingerprint density at radius 2 is 1.54 bits per heavy atom. The zero-order valence-corrected chi connectivity index (χ0v) is 22.3. The Hall–Kier alpha value is -3.44. The number of nitrogens with zero attached hydrogens (tertiary/aromatic N) is 1. The minimum absolute atomic E-state index is 0.0819. The third-order valence-corrected chi connectivity index (χ3v) is 9.40. The van der Waals surface area contributed by atoms with E-state index in [-0.39, 0.29) is 39.6 Å². The van der Waals surface area contributed by atoms with E-state index in [4.69, 9.17) is 4.74 Å². The fourth-order valence-electron chi connectivity index (χ4n) is 4.96. The summed E-state index contributed by atoms with van der Waals surface area (Å²) in [4.78, 5) is 38.9. The van der Waals surface area contributed by atoms with Crippen LogP contribution in [-0.2, 0) is 14.3 Å². The lowest BCUT2D eigenvalue weighted by Crippen LogP contribution is -2.53. The van der Waals surface area contributed by atoms with E-state index < -0.39 is 24.1 Å². The fourth-order valence-corrected chi connectivity index (χ4v) is 7.22. The lowest BCUT2D eigenvalue weighted by atomic mass is 9.97. The monoisotopic (exact) mass is 519 g/mol. The van der Waals surface area contributed by atoms with Gasteiger partial charge in [-0.1, -0.05) is 62.4 Å². The van der Waals surface area contributed by atoms with Gasteiger partial charge in [0.25, 0.3) is 0 Å². The first-order valence-electron chi connectivity index (χ1n) is 12.7. The van der Waals surface area contributed by atoms with E-state index in [9.17, 15) is 19.6 Å². The quantitative estimate of drug-likeness (QED) is 0.503. The summed E-state index contributed by atoms with van der Waals surface area (Å²) in [5, 5.41) is 15.0. The molecule has 0 radical (unpaired) electrons. The summed E-state index contributed by atoms with van der Waals surface area (Å²) in [6.45, 7) is 5.36. The second-order valence-electron chi connectivity index (χ2n) is 9.84. The van der Waals surface area contributed by atoms with Gasteiger partial charge in [0, 0.05) is 5.92 Å². The largest absolute Gasteiger partial charge is 0.449 e. The van der Waals surface area contributed by atoms with Crippen LogP contribution in [0.1, 0.15) is 50.7 Å². The summed E-state index contributed by atoms with van der Waals surface area (Å²) in [6, 6.07) is 16.5. The minimum Gasteiger partial charge on any atom is -0.449 e. The zero-order valence-electron chi connectivity index (χ0n) is 21.5. The number of carbonyl (C=O) groups excluding carboxylic acids is 3. The van der Waals surface area contributed by atoms with Gasteiger partial charge in [-0.3, -0.25) is 9.59 Å². The molecule has 0 saturated carbocycles. The fraction of sp³-hybridized carbons (Fsp3) is 0.414. The number of ketones is 1. The van der Waals surface area contributed by atoms with Crippen molar-refractivity contribution in [2.75, 3.05) is 18.1 Å². The van der Waals surface area contributed by atoms with E-state index in [0.717, 1.165) is 46.6 Å². The topological polar surface area (TPSA) is 108 Å². The van der Waals surface area contributed by atoms with Gasteiger partial charge >= 0.3 is 6.09 Å². The maximum atomic E-state index is 13.2. The lowest BCUT2D eigenvalue weighted by Gasteiger charge is -2.24. The van der Waals surface area contributed by atoms with E-state index >= 15 is 0 Å². The second-order valence-corrected chi connectivity index (χ2v) is 12.0. The predicted octanol–water partition coefficient (Wildman–Crippen LogP) is 4.38. The SMILES string of the molecule is CC(C)[C@H](NC(=O)[C@H](C)NC(=O)OCC1c2ccccc2-c2ccccc21)C(=O)C(C#N)=S1CCCC1. The van der Waals surface area contributed by atoms with Crippen LogP contribution in [0.4, 0.5) is 4.79 Å². The van der Waals surface area contributed by atoms with E-state index in [2.05, 4.69) is 28.8 Å². The first-order valence-corrected chi connectivity index (χ1v) is 14.3. The molecule has 37 heavy (non-hydrogen) atoms. The Labute approximate surface area is 220 Å². The molecule has 1 aliphatic carbocycles. The van der Waals surface area contributed by atoms with Gasteiger partial charge in [0.2, 0.25) is 11.7 Å². The van der Waals surface area contributed by atoms with Gasteiger partial charge in [0.1, 0.15) is 23.6 Å². The molecule has 1 fully saturated rings. The van der Waals surface area contributed by atoms with Gasteiger partial charge in [-0.25, -0.2) is 4.79 Å². The number of rotatable bonds is 8. The Morgan fingerprint density at radius 1 is 0.973 bits per heavy atom. The van der Waals surface area contributed by atoms with Crippen molar-refractivity contribution < 1.29 is 19.1 Å². The number of Topliss-reactive ketones (excluding diaryl/α,β-unsaturated/α-hetero) is 1. The van der Waals surface area contributed by atoms with Gasteiger partial charge in [-0.05, 0) is 59.4 Å². The number of nitriles is 1. The molecule has 0 unspecified atom stereocenters. The number of carbonyl (C=O) groups is 3. The number of nitrogens with one attached hydrogen (secondary N) is 2. The van der Waals surface area contributed by atoms with Crippen LogP contribution in [-0.4, -0.2) is 52.8 Å². The molecule has 1 saturated heterocycles. The third kappa shape index (κ3) is 5.78. The van der Waals surface area contributed by atoms with Gasteiger partial charge in [-0.15, -0.1) is 0 Å². The molecule has 8 heteroatoms. The molecule has 0 spiro atoms. The maximum absolute atomic E-state index is 13.2. The zero-order chi connectivity index (χ0) is 26.5. The van der Waals surface area contributed by atoms with Crippen molar-refractivity contribution in [3.05, 3.63) is 59.7 Å². The molecule has 0 bridgehead atoms. The van der Waals surface area contributed by atoms with E-state index in [1.807, 2.05) is 50.2 Å². The number of alkyl carbamates (subject to hydrolysis) is 1. The Kier molecular flexibility index (Phi) is 8.45. The Morgan fingerprint density at radius 3 is 2.08 bits per heavy atom. The molecular formula is C29H33N3O4S. The van der Waals surface area contributed by atoms with Crippen LogP contribution >= 0.6 is 10.5 Å². The molecule has 2 aromatic carbocycles. The minimum atomic E-state index is -0.913. The average molecular weight is 520 g/mol. The van der Waals surface area contributed by atoms with Gasteiger partial charge < -0.3 is 15.4 Å². The smallest absolute Gasteiger partial charge is 0.407 e. The lowest BCUT2D eigenvalue weighted by molar-refractivity contribution is -0.127. The molecule has 194 valence electrons. The molecule has 2 aliphatic rings. The molecule has 0 aromatic heterocycles. The number of hydrogen-bond donors (Lipinski definition) is 2. The van der Waals surface area contributed by atoms with Crippen molar-refractivity contribution in [2.24, 2.45) is 5.92 Å². The first kappa shape index (κ1) is 26.6. The van der Waals surface area contributed by atoms with Crippen molar-refractivity contribution in [3.8, 4) is 17.2 Å². The van der Waals surface area contributed by atoms with Gasteiger partial charge in [0.15, 0.2) is 0 Å². The molecule has 7 nitrogen and oxygen atoms in total. The van der Waals surface area contributed by atoms with E-state index in [1.165, 1.54) is 0 Å². The van der Waals surface area contributed by atoms with Crippen LogP contribution in [0.5, 0.6) is 0 Å². The molecular weight excluding hydrogens is 486 g/mol. The number of benzene rings is 2. The van der Waals surface area contributed by atoms with Crippen LogP contribution in [0, 0.1) is 17.2 Å². The Balaban J connectivity index is 1.36. The van der Waals surface area contributed by atoms with Crippen molar-refractivity contribution >= 4 is 33.1 Å². The van der Waals surface area contributed by atoms with Crippen molar-refractivity contribution in [1.82, 2.24) is 10.6 Å². The summed E-state index contributed by atoms with van der Waals surface area (Å²) in [5.41, 5.74) is 4.48. The molecule has 2 N–H and O–H groups in total. The number of amides is 2. The first-order chi connectivity index (χ1) is 17.8. The highest BCUT2D eigenvalue weighted by molar-refractivity contribution is 8.17. The standard InChI is InChI=1S/C29H33N3O4S/c1-18(2)26(27(33)25(16-30)37-14-8-9-15-37)32-28(34)19(3)31-29(35)36-17-24-22-12-6-4-10-20(22)21-11-5-7-13-23(21)24/h4-7,10-13,18-19,24,26H,8-9,14-15,17H2,1-3H3,(H,31,35)(H,32,34)/t19-,26-/m0/s1. The molecule has 2 amide bonds. The Bertz CT molecular complexity index is 1230. The molecule has 4 rings (SSSR count). The van der Waals surface area contributed by atoms with E-state index in [0.29, 0.717) is 0 Å². The summed E-state index contributed by atoms with van der Waals surface area (Å²) < 4.78 is 5.54. The molecule has 1 aliphatic heterocycles. The van der Waals surface area contributed by atoms with Crippen molar-refractivity contribution in [3.63, 3.8) is 0 Å². The second kappa shape index (κ2) is 11.7. The van der Waals surface area contributed by atoms with Gasteiger partial charge in [-0.2, -0.15) is 15.7 Å². The van der Waals surface area contributed by atoms with Crippen LogP contribution in [0.2, 0.25) is 0 Å². The number of fused-ring (bicyclic) bond motifs is 3. The molecule has 1 heterocycles. The predicted molar refractivity (Wildman–Crippen MR) is 147 cm³/mol. The van der Waals surface area contributed by atoms with Crippen LogP contribution in [0.3, 0.4) is 0 Å². The van der Waals surface area contributed by atoms with Crippen LogP contribution in [0.15, 0.2) is 48.5 Å². The normalized spacial score (nSPS) is 16.3. The summed E-state index contributed by atoms with van der Waals surface area (Å²) in [5.74, 6) is 0.617. The highest BCUT2D eigenvalue weighted by atomic mass is 32.2. The van der Waals surface area contributed by atoms with Crippen molar-refractivity contribution in [1.29, 1.82) is 5.26 Å². The molecule has 2 aromatic rings. The highest BCUT2D eigenvalue weighted by Gasteiger charge is 2.32.